The van der Waals surface area contributed by atoms with E-state index in [-0.39, 0.29) is 5.91 Å². The third-order valence-electron chi connectivity index (χ3n) is 4.09. The van der Waals surface area contributed by atoms with Gasteiger partial charge in [0.05, 0.1) is 17.8 Å². The van der Waals surface area contributed by atoms with E-state index in [0.717, 1.165) is 11.3 Å². The maximum absolute atomic E-state index is 12.6. The molecule has 0 aliphatic heterocycles. The summed E-state index contributed by atoms with van der Waals surface area (Å²) in [5.41, 5.74) is 1.89. The molecular weight excluding hydrogens is 373 g/mol. The number of amides is 1. The van der Waals surface area contributed by atoms with Crippen LogP contribution in [0.5, 0.6) is 0 Å². The number of halogens is 2. The Morgan fingerprint density at radius 2 is 2.08 bits per heavy atom. The fourth-order valence-corrected chi connectivity index (χ4v) is 3.05. The average molecular weight is 392 g/mol. The van der Waals surface area contributed by atoms with Crippen LogP contribution < -0.4 is 5.32 Å². The standard InChI is InChI=1S/C18H19Cl2N5O/c1-3-16(25-11-14(19)9-21-25)18(26)22-17-8-12(2)24(23-17)10-13-6-4-5-7-15(13)20/h4-9,11,16H,3,10H2,1-2H3,(H,22,23,26). The van der Waals surface area contributed by atoms with Crippen molar-refractivity contribution in [3.63, 3.8) is 0 Å². The average Bonchev–Trinajstić information content (AvgIpc) is 3.16. The molecule has 1 unspecified atom stereocenters. The summed E-state index contributed by atoms with van der Waals surface area (Å²) in [6.07, 6.45) is 3.74. The molecule has 3 aromatic rings. The SMILES string of the molecule is CCC(C(=O)Nc1cc(C)n(Cc2ccccc2Cl)n1)n1cc(Cl)cn1. The fraction of sp³-hybridized carbons (Fsp3) is 0.278. The largest absolute Gasteiger partial charge is 0.307 e. The quantitative estimate of drug-likeness (QED) is 0.679. The van der Waals surface area contributed by atoms with Gasteiger partial charge in [-0.05, 0) is 25.0 Å². The highest BCUT2D eigenvalue weighted by molar-refractivity contribution is 6.31. The van der Waals surface area contributed by atoms with Crippen LogP contribution in [0.1, 0.15) is 30.6 Å². The Morgan fingerprint density at radius 1 is 1.31 bits per heavy atom. The third kappa shape index (κ3) is 4.08. The summed E-state index contributed by atoms with van der Waals surface area (Å²) in [6, 6.07) is 9.01. The monoisotopic (exact) mass is 391 g/mol. The number of hydrogen-bond acceptors (Lipinski definition) is 3. The van der Waals surface area contributed by atoms with Crippen LogP contribution in [0.3, 0.4) is 0 Å². The number of nitrogens with one attached hydrogen (secondary N) is 1. The molecule has 0 aliphatic carbocycles. The van der Waals surface area contributed by atoms with Crippen molar-refractivity contribution in [2.45, 2.75) is 32.9 Å². The topological polar surface area (TPSA) is 64.7 Å². The molecule has 1 amide bonds. The second-order valence-electron chi connectivity index (χ2n) is 5.97. The maximum atomic E-state index is 12.6. The Hall–Kier alpha value is -2.31. The molecule has 8 heteroatoms. The molecule has 0 radical (unpaired) electrons. The summed E-state index contributed by atoms with van der Waals surface area (Å²) in [4.78, 5) is 12.6. The Kier molecular flexibility index (Phi) is 5.64. The molecule has 0 fully saturated rings. The van der Waals surface area contributed by atoms with Crippen LogP contribution in [0, 0.1) is 6.92 Å². The number of nitrogens with zero attached hydrogens (tertiary/aromatic N) is 4. The highest BCUT2D eigenvalue weighted by Gasteiger charge is 2.20. The summed E-state index contributed by atoms with van der Waals surface area (Å²) in [6.45, 7) is 4.39. The number of aromatic nitrogens is 4. The van der Waals surface area contributed by atoms with Gasteiger partial charge in [-0.3, -0.25) is 14.2 Å². The van der Waals surface area contributed by atoms with E-state index in [2.05, 4.69) is 15.5 Å². The molecule has 3 rings (SSSR count). The number of anilines is 1. The Morgan fingerprint density at radius 3 is 2.73 bits per heavy atom. The third-order valence-corrected chi connectivity index (χ3v) is 4.65. The van der Waals surface area contributed by atoms with E-state index < -0.39 is 6.04 Å². The van der Waals surface area contributed by atoms with Gasteiger partial charge in [-0.25, -0.2) is 0 Å². The van der Waals surface area contributed by atoms with E-state index in [9.17, 15) is 4.79 Å². The maximum Gasteiger partial charge on any atom is 0.250 e. The number of carbonyl (C=O) groups is 1. The Balaban J connectivity index is 1.74. The van der Waals surface area contributed by atoms with Gasteiger partial charge in [-0.2, -0.15) is 10.2 Å². The minimum atomic E-state index is -0.448. The molecule has 0 bridgehead atoms. The van der Waals surface area contributed by atoms with Gasteiger partial charge in [0.2, 0.25) is 5.91 Å². The van der Waals surface area contributed by atoms with Crippen LogP contribution in [0.15, 0.2) is 42.7 Å². The lowest BCUT2D eigenvalue weighted by Gasteiger charge is -2.14. The number of benzene rings is 1. The van der Waals surface area contributed by atoms with Gasteiger partial charge < -0.3 is 5.32 Å². The molecule has 2 heterocycles. The zero-order chi connectivity index (χ0) is 18.7. The number of hydrogen-bond donors (Lipinski definition) is 1. The molecule has 0 spiro atoms. The van der Waals surface area contributed by atoms with Crippen molar-refractivity contribution in [3.05, 3.63) is 64.0 Å². The molecule has 6 nitrogen and oxygen atoms in total. The highest BCUT2D eigenvalue weighted by atomic mass is 35.5. The zero-order valence-electron chi connectivity index (χ0n) is 14.5. The first-order valence-corrected chi connectivity index (χ1v) is 9.02. The van der Waals surface area contributed by atoms with Crippen molar-refractivity contribution in [3.8, 4) is 0 Å². The first-order valence-electron chi connectivity index (χ1n) is 8.26. The first-order chi connectivity index (χ1) is 12.5. The van der Waals surface area contributed by atoms with Gasteiger partial charge >= 0.3 is 0 Å². The predicted octanol–water partition coefficient (Wildman–Crippen LogP) is 4.33. The summed E-state index contributed by atoms with van der Waals surface area (Å²) in [5.74, 6) is 0.311. The molecule has 1 atom stereocenters. The van der Waals surface area contributed by atoms with Gasteiger partial charge in [-0.15, -0.1) is 0 Å². The van der Waals surface area contributed by atoms with Crippen LogP contribution in [0.4, 0.5) is 5.82 Å². The first kappa shape index (κ1) is 18.5. The number of aryl methyl sites for hydroxylation is 1. The molecule has 0 saturated heterocycles. The van der Waals surface area contributed by atoms with Gasteiger partial charge in [0.25, 0.3) is 0 Å². The molecule has 136 valence electrons. The van der Waals surface area contributed by atoms with Crippen LogP contribution in [0.25, 0.3) is 0 Å². The minimum Gasteiger partial charge on any atom is -0.307 e. The van der Waals surface area contributed by atoms with Crippen molar-refractivity contribution in [1.29, 1.82) is 0 Å². The van der Waals surface area contributed by atoms with Gasteiger partial charge in [-0.1, -0.05) is 48.3 Å². The lowest BCUT2D eigenvalue weighted by atomic mass is 10.2. The van der Waals surface area contributed by atoms with E-state index in [0.29, 0.717) is 28.8 Å². The minimum absolute atomic E-state index is 0.185. The van der Waals surface area contributed by atoms with Crippen LogP contribution in [-0.4, -0.2) is 25.5 Å². The Labute approximate surface area is 161 Å². The molecule has 1 aromatic carbocycles. The lowest BCUT2D eigenvalue weighted by Crippen LogP contribution is -2.26. The molecule has 1 N–H and O–H groups in total. The van der Waals surface area contributed by atoms with Crippen molar-refractivity contribution >= 4 is 34.9 Å². The van der Waals surface area contributed by atoms with Crippen LogP contribution in [-0.2, 0) is 11.3 Å². The Bertz CT molecular complexity index is 918. The van der Waals surface area contributed by atoms with Crippen LogP contribution >= 0.6 is 23.2 Å². The molecule has 2 aromatic heterocycles. The van der Waals surface area contributed by atoms with Gasteiger partial charge in [0.15, 0.2) is 5.82 Å². The molecule has 0 saturated carbocycles. The number of rotatable bonds is 6. The fourth-order valence-electron chi connectivity index (χ4n) is 2.71. The predicted molar refractivity (Wildman–Crippen MR) is 103 cm³/mol. The van der Waals surface area contributed by atoms with Gasteiger partial charge in [0, 0.05) is 23.0 Å². The van der Waals surface area contributed by atoms with E-state index >= 15 is 0 Å². The van der Waals surface area contributed by atoms with E-state index in [1.54, 1.807) is 10.9 Å². The van der Waals surface area contributed by atoms with Crippen LogP contribution in [0.2, 0.25) is 10.0 Å². The van der Waals surface area contributed by atoms with Crippen molar-refractivity contribution in [2.75, 3.05) is 5.32 Å². The number of carbonyl (C=O) groups excluding carboxylic acids is 1. The smallest absolute Gasteiger partial charge is 0.250 e. The summed E-state index contributed by atoms with van der Waals surface area (Å²) < 4.78 is 3.37. The molecular formula is C18H19Cl2N5O. The van der Waals surface area contributed by atoms with E-state index in [1.807, 2.05) is 48.9 Å². The van der Waals surface area contributed by atoms with E-state index in [4.69, 9.17) is 23.2 Å². The molecule has 0 aliphatic rings. The zero-order valence-corrected chi connectivity index (χ0v) is 16.0. The molecule has 26 heavy (non-hydrogen) atoms. The second-order valence-corrected chi connectivity index (χ2v) is 6.82. The van der Waals surface area contributed by atoms with Crippen molar-refractivity contribution in [2.24, 2.45) is 0 Å². The van der Waals surface area contributed by atoms with Crippen molar-refractivity contribution < 1.29 is 4.79 Å². The highest BCUT2D eigenvalue weighted by Crippen LogP contribution is 2.20. The van der Waals surface area contributed by atoms with Crippen molar-refractivity contribution in [1.82, 2.24) is 19.6 Å². The summed E-state index contributed by atoms with van der Waals surface area (Å²) in [7, 11) is 0. The normalized spacial score (nSPS) is 12.2. The summed E-state index contributed by atoms with van der Waals surface area (Å²) >= 11 is 12.1. The van der Waals surface area contributed by atoms with Gasteiger partial charge in [0.1, 0.15) is 6.04 Å². The van der Waals surface area contributed by atoms with E-state index in [1.165, 1.54) is 6.20 Å². The lowest BCUT2D eigenvalue weighted by molar-refractivity contribution is -0.119. The second kappa shape index (κ2) is 7.93. The summed E-state index contributed by atoms with van der Waals surface area (Å²) in [5, 5.41) is 12.6.